The first kappa shape index (κ1) is 13.2. The molecule has 98 valence electrons. The first-order chi connectivity index (χ1) is 9.10. The van der Waals surface area contributed by atoms with E-state index in [4.69, 9.17) is 11.0 Å². The number of rotatable bonds is 5. The van der Waals surface area contributed by atoms with E-state index in [1.54, 1.807) is 5.38 Å². The van der Waals surface area contributed by atoms with Gasteiger partial charge in [0.1, 0.15) is 23.3 Å². The zero-order valence-electron chi connectivity index (χ0n) is 9.96. The van der Waals surface area contributed by atoms with Crippen LogP contribution in [0.4, 0.5) is 0 Å². The van der Waals surface area contributed by atoms with Crippen LogP contribution in [-0.4, -0.2) is 29.0 Å². The summed E-state index contributed by atoms with van der Waals surface area (Å²) in [7, 11) is 0. The minimum atomic E-state index is -0.804. The second-order valence-corrected chi connectivity index (χ2v) is 5.04. The van der Waals surface area contributed by atoms with Gasteiger partial charge in [-0.15, -0.1) is 11.3 Å². The lowest BCUT2D eigenvalue weighted by Crippen LogP contribution is -2.45. The molecule has 0 saturated carbocycles. The molecule has 1 aromatic heterocycles. The van der Waals surface area contributed by atoms with Crippen molar-refractivity contribution < 1.29 is 14.4 Å². The minimum Gasteiger partial charge on any atom is -0.368 e. The molecular weight excluding hydrogens is 266 g/mol. The molecule has 7 heteroatoms. The summed E-state index contributed by atoms with van der Waals surface area (Å²) in [5.41, 5.74) is 6.39. The van der Waals surface area contributed by atoms with Gasteiger partial charge in [0.05, 0.1) is 5.56 Å². The third kappa shape index (κ3) is 2.22. The summed E-state index contributed by atoms with van der Waals surface area (Å²) in [4.78, 5) is 35.8. The molecule has 0 radical (unpaired) electrons. The lowest BCUT2D eigenvalue weighted by Gasteiger charge is -2.24. The summed E-state index contributed by atoms with van der Waals surface area (Å²) in [6.07, 6.45) is 1.06. The SMILES string of the molecule is N#Cc1scc2c1CN(C(CCC=O)C(N)=O)C2=O. The van der Waals surface area contributed by atoms with E-state index in [1.165, 1.54) is 16.2 Å². The maximum absolute atomic E-state index is 12.2. The summed E-state index contributed by atoms with van der Waals surface area (Å²) < 4.78 is 0. The van der Waals surface area contributed by atoms with E-state index in [0.29, 0.717) is 22.3 Å². The van der Waals surface area contributed by atoms with Crippen molar-refractivity contribution in [2.24, 2.45) is 5.73 Å². The second kappa shape index (κ2) is 5.20. The molecule has 1 aliphatic rings. The van der Waals surface area contributed by atoms with Gasteiger partial charge < -0.3 is 15.4 Å². The number of nitriles is 1. The normalized spacial score (nSPS) is 14.9. The number of nitrogens with zero attached hydrogens (tertiary/aromatic N) is 2. The van der Waals surface area contributed by atoms with E-state index in [9.17, 15) is 14.4 Å². The number of carbonyl (C=O) groups is 3. The summed E-state index contributed by atoms with van der Waals surface area (Å²) >= 11 is 1.21. The molecule has 1 aromatic rings. The fourth-order valence-corrected chi connectivity index (χ4v) is 2.99. The van der Waals surface area contributed by atoms with Crippen molar-refractivity contribution in [3.05, 3.63) is 21.4 Å². The lowest BCUT2D eigenvalue weighted by atomic mass is 10.1. The minimum absolute atomic E-state index is 0.162. The Hall–Kier alpha value is -2.20. The summed E-state index contributed by atoms with van der Waals surface area (Å²) in [6, 6.07) is 1.22. The molecule has 1 atom stereocenters. The third-order valence-corrected chi connectivity index (χ3v) is 4.00. The average Bonchev–Trinajstić information content (AvgIpc) is 2.91. The average molecular weight is 277 g/mol. The number of primary amides is 1. The number of amides is 2. The summed E-state index contributed by atoms with van der Waals surface area (Å²) in [5.74, 6) is -0.940. The largest absolute Gasteiger partial charge is 0.368 e. The van der Waals surface area contributed by atoms with Crippen LogP contribution in [0.15, 0.2) is 5.38 Å². The smallest absolute Gasteiger partial charge is 0.256 e. The molecule has 2 N–H and O–H groups in total. The maximum atomic E-state index is 12.2. The predicted molar refractivity (Wildman–Crippen MR) is 67.2 cm³/mol. The van der Waals surface area contributed by atoms with Gasteiger partial charge in [0, 0.05) is 23.9 Å². The Kier molecular flexibility index (Phi) is 3.62. The van der Waals surface area contributed by atoms with Crippen molar-refractivity contribution in [1.29, 1.82) is 5.26 Å². The highest BCUT2D eigenvalue weighted by atomic mass is 32.1. The van der Waals surface area contributed by atoms with Crippen LogP contribution in [0.5, 0.6) is 0 Å². The Morgan fingerprint density at radius 3 is 3.00 bits per heavy atom. The van der Waals surface area contributed by atoms with E-state index in [2.05, 4.69) is 0 Å². The first-order valence-corrected chi connectivity index (χ1v) is 6.52. The Balaban J connectivity index is 2.26. The van der Waals surface area contributed by atoms with Crippen LogP contribution >= 0.6 is 11.3 Å². The van der Waals surface area contributed by atoms with Crippen LogP contribution in [0.25, 0.3) is 0 Å². The highest BCUT2D eigenvalue weighted by Crippen LogP contribution is 2.32. The molecule has 0 fully saturated rings. The van der Waals surface area contributed by atoms with E-state index in [-0.39, 0.29) is 25.3 Å². The van der Waals surface area contributed by atoms with E-state index in [1.807, 2.05) is 6.07 Å². The van der Waals surface area contributed by atoms with Gasteiger partial charge in [0.2, 0.25) is 5.91 Å². The van der Waals surface area contributed by atoms with Crippen LogP contribution in [0, 0.1) is 11.3 Å². The van der Waals surface area contributed by atoms with E-state index < -0.39 is 11.9 Å². The monoisotopic (exact) mass is 277 g/mol. The van der Waals surface area contributed by atoms with Gasteiger partial charge in [-0.1, -0.05) is 0 Å². The second-order valence-electron chi connectivity index (χ2n) is 4.16. The molecule has 19 heavy (non-hydrogen) atoms. The molecule has 0 saturated heterocycles. The molecule has 2 heterocycles. The summed E-state index contributed by atoms with van der Waals surface area (Å²) in [6.45, 7) is 0.201. The van der Waals surface area contributed by atoms with Crippen molar-refractivity contribution in [3.8, 4) is 6.07 Å². The van der Waals surface area contributed by atoms with Crippen LogP contribution in [0.1, 0.15) is 33.6 Å². The summed E-state index contributed by atoms with van der Waals surface area (Å²) in [5, 5.41) is 10.6. The van der Waals surface area contributed by atoms with Crippen LogP contribution in [0.3, 0.4) is 0 Å². The maximum Gasteiger partial charge on any atom is 0.256 e. The molecule has 2 amide bonds. The van der Waals surface area contributed by atoms with Crippen molar-refractivity contribution >= 4 is 29.4 Å². The number of nitrogens with two attached hydrogens (primary N) is 1. The number of fused-ring (bicyclic) bond motifs is 1. The lowest BCUT2D eigenvalue weighted by molar-refractivity contribution is -0.122. The molecule has 0 aliphatic carbocycles. The van der Waals surface area contributed by atoms with Gasteiger partial charge in [-0.3, -0.25) is 9.59 Å². The highest BCUT2D eigenvalue weighted by molar-refractivity contribution is 7.11. The first-order valence-electron chi connectivity index (χ1n) is 5.64. The van der Waals surface area contributed by atoms with Crippen molar-refractivity contribution in [3.63, 3.8) is 0 Å². The van der Waals surface area contributed by atoms with Gasteiger partial charge in [0.25, 0.3) is 5.91 Å². The van der Waals surface area contributed by atoms with Gasteiger partial charge in [-0.05, 0) is 6.42 Å². The van der Waals surface area contributed by atoms with E-state index in [0.717, 1.165) is 0 Å². The van der Waals surface area contributed by atoms with Crippen LogP contribution in [-0.2, 0) is 16.1 Å². The Labute approximate surface area is 113 Å². The zero-order chi connectivity index (χ0) is 14.0. The molecule has 6 nitrogen and oxygen atoms in total. The number of hydrogen-bond donors (Lipinski definition) is 1. The molecular formula is C12H11N3O3S. The molecule has 0 bridgehead atoms. The molecule has 1 aliphatic heterocycles. The van der Waals surface area contributed by atoms with Gasteiger partial charge in [0.15, 0.2) is 0 Å². The Morgan fingerprint density at radius 2 is 2.42 bits per heavy atom. The van der Waals surface area contributed by atoms with Crippen LogP contribution in [0.2, 0.25) is 0 Å². The Bertz CT molecular complexity index is 588. The zero-order valence-corrected chi connectivity index (χ0v) is 10.8. The fourth-order valence-electron chi connectivity index (χ4n) is 2.14. The quantitative estimate of drug-likeness (QED) is 0.787. The standard InChI is InChI=1S/C12H11N3O3S/c13-4-10-7-5-15(12(18)8(7)6-19-10)9(11(14)17)2-1-3-16/h3,6,9H,1-2,5H2,(H2,14,17). The number of hydrogen-bond acceptors (Lipinski definition) is 5. The molecule has 0 spiro atoms. The number of thiophene rings is 1. The van der Waals surface area contributed by atoms with Crippen molar-refractivity contribution in [2.75, 3.05) is 0 Å². The highest BCUT2D eigenvalue weighted by Gasteiger charge is 2.37. The molecule has 1 unspecified atom stereocenters. The predicted octanol–water partition coefficient (Wildman–Crippen LogP) is 0.409. The van der Waals surface area contributed by atoms with Crippen molar-refractivity contribution in [2.45, 2.75) is 25.4 Å². The van der Waals surface area contributed by atoms with Gasteiger partial charge >= 0.3 is 0 Å². The molecule has 2 rings (SSSR count). The number of aldehydes is 1. The Morgan fingerprint density at radius 1 is 1.68 bits per heavy atom. The van der Waals surface area contributed by atoms with Crippen molar-refractivity contribution in [1.82, 2.24) is 4.90 Å². The molecule has 0 aromatic carbocycles. The fraction of sp³-hybridized carbons (Fsp3) is 0.333. The number of carbonyl (C=O) groups excluding carboxylic acids is 3. The van der Waals surface area contributed by atoms with Crippen LogP contribution < -0.4 is 5.73 Å². The van der Waals surface area contributed by atoms with Gasteiger partial charge in [-0.25, -0.2) is 0 Å². The van der Waals surface area contributed by atoms with E-state index >= 15 is 0 Å². The topological polar surface area (TPSA) is 104 Å². The van der Waals surface area contributed by atoms with Gasteiger partial charge in [-0.2, -0.15) is 5.26 Å². The third-order valence-electron chi connectivity index (χ3n) is 3.08.